The first-order chi connectivity index (χ1) is 11.9. The number of hydrogen-bond donors (Lipinski definition) is 3. The number of hydrogen-bond acceptors (Lipinski definition) is 3. The van der Waals surface area contributed by atoms with Crippen LogP contribution >= 0.6 is 0 Å². The molecule has 140 valence electrons. The normalized spacial score (nSPS) is 17.1. The van der Waals surface area contributed by atoms with Crippen LogP contribution in [0.3, 0.4) is 0 Å². The van der Waals surface area contributed by atoms with E-state index in [1.54, 1.807) is 0 Å². The molecule has 1 heterocycles. The first-order valence-corrected chi connectivity index (χ1v) is 9.33. The van der Waals surface area contributed by atoms with Gasteiger partial charge in [-0.15, -0.1) is 0 Å². The molecule has 1 aromatic rings. The van der Waals surface area contributed by atoms with Crippen molar-refractivity contribution in [2.75, 3.05) is 26.3 Å². The molecule has 3 N–H and O–H groups in total. The van der Waals surface area contributed by atoms with Gasteiger partial charge in [0.25, 0.3) is 0 Å². The minimum absolute atomic E-state index is 0.0905. The molecule has 0 atom stereocenters. The Morgan fingerprint density at radius 2 is 1.84 bits per heavy atom. The highest BCUT2D eigenvalue weighted by Crippen LogP contribution is 2.36. The van der Waals surface area contributed by atoms with Crippen LogP contribution in [0.5, 0.6) is 0 Å². The predicted molar refractivity (Wildman–Crippen MR) is 99.8 cm³/mol. The maximum atomic E-state index is 12.3. The van der Waals surface area contributed by atoms with E-state index in [2.05, 4.69) is 35.8 Å². The first kappa shape index (κ1) is 19.7. The highest BCUT2D eigenvalue weighted by molar-refractivity contribution is 5.74. The molecule has 0 saturated carbocycles. The highest BCUT2D eigenvalue weighted by Gasteiger charge is 2.36. The van der Waals surface area contributed by atoms with Gasteiger partial charge in [0, 0.05) is 31.7 Å². The third-order valence-electron chi connectivity index (χ3n) is 5.65. The number of urea groups is 1. The van der Waals surface area contributed by atoms with Gasteiger partial charge in [0.2, 0.25) is 0 Å². The average molecular weight is 348 g/mol. The maximum Gasteiger partial charge on any atom is 0.314 e. The lowest BCUT2D eigenvalue weighted by Crippen LogP contribution is -2.50. The molecule has 0 spiro atoms. The summed E-state index contributed by atoms with van der Waals surface area (Å²) in [6.07, 6.45) is 3.03. The van der Waals surface area contributed by atoms with E-state index in [1.807, 2.05) is 19.9 Å². The van der Waals surface area contributed by atoms with Crippen LogP contribution in [0.1, 0.15) is 50.7 Å². The molecule has 25 heavy (non-hydrogen) atoms. The summed E-state index contributed by atoms with van der Waals surface area (Å²) >= 11 is 0. The van der Waals surface area contributed by atoms with Crippen molar-refractivity contribution < 1.29 is 14.6 Å². The van der Waals surface area contributed by atoms with Gasteiger partial charge in [0.05, 0.1) is 5.60 Å². The van der Waals surface area contributed by atoms with E-state index in [-0.39, 0.29) is 18.0 Å². The van der Waals surface area contributed by atoms with Crippen molar-refractivity contribution in [3.63, 3.8) is 0 Å². The van der Waals surface area contributed by atoms with E-state index >= 15 is 0 Å². The van der Waals surface area contributed by atoms with Gasteiger partial charge < -0.3 is 20.5 Å². The average Bonchev–Trinajstić information content (AvgIpc) is 2.65. The zero-order valence-electron chi connectivity index (χ0n) is 15.7. The Kier molecular flexibility index (Phi) is 6.85. The van der Waals surface area contributed by atoms with Gasteiger partial charge in [0.1, 0.15) is 0 Å². The van der Waals surface area contributed by atoms with Crippen LogP contribution in [-0.2, 0) is 10.2 Å². The predicted octanol–water partition coefficient (Wildman–Crippen LogP) is 2.89. The van der Waals surface area contributed by atoms with Gasteiger partial charge in [-0.1, -0.05) is 38.1 Å². The van der Waals surface area contributed by atoms with Crippen LogP contribution in [-0.4, -0.2) is 43.0 Å². The quantitative estimate of drug-likeness (QED) is 0.709. The van der Waals surface area contributed by atoms with Crippen LogP contribution in [0.2, 0.25) is 0 Å². The number of benzene rings is 1. The van der Waals surface area contributed by atoms with Crippen LogP contribution < -0.4 is 10.6 Å². The minimum Gasteiger partial charge on any atom is -0.388 e. The Balaban J connectivity index is 2.01. The van der Waals surface area contributed by atoms with E-state index in [9.17, 15) is 9.90 Å². The topological polar surface area (TPSA) is 70.6 Å². The monoisotopic (exact) mass is 348 g/mol. The molecule has 0 aromatic heterocycles. The molecular formula is C20H32N2O3. The molecule has 5 nitrogen and oxygen atoms in total. The smallest absolute Gasteiger partial charge is 0.314 e. The summed E-state index contributed by atoms with van der Waals surface area (Å²) in [4.78, 5) is 12.3. The van der Waals surface area contributed by atoms with Crippen molar-refractivity contribution >= 4 is 6.03 Å². The summed E-state index contributed by atoms with van der Waals surface area (Å²) in [5, 5.41) is 16.1. The summed E-state index contributed by atoms with van der Waals surface area (Å²) in [7, 11) is 0. The van der Waals surface area contributed by atoms with Gasteiger partial charge in [0.15, 0.2) is 0 Å². The Morgan fingerprint density at radius 3 is 2.44 bits per heavy atom. The Labute approximate surface area is 151 Å². The molecule has 1 saturated heterocycles. The van der Waals surface area contributed by atoms with Crippen molar-refractivity contribution in [2.45, 2.75) is 57.5 Å². The van der Waals surface area contributed by atoms with E-state index in [4.69, 9.17) is 4.74 Å². The number of nitrogens with one attached hydrogen (secondary N) is 2. The Morgan fingerprint density at radius 1 is 1.20 bits per heavy atom. The van der Waals surface area contributed by atoms with Crippen LogP contribution in [0.4, 0.5) is 4.79 Å². The van der Waals surface area contributed by atoms with Gasteiger partial charge in [-0.2, -0.15) is 0 Å². The standard InChI is InChI=1S/C20H32N2O3/c1-4-20(24,5-2)15-22-18(23)21-14-19(10-12-25-13-11-19)17-9-7-6-8-16(17)3/h6-9,24H,4-5,10-15H2,1-3H3,(H2,21,22,23). The van der Waals surface area contributed by atoms with Crippen molar-refractivity contribution in [1.29, 1.82) is 0 Å². The van der Waals surface area contributed by atoms with Gasteiger partial charge in [-0.05, 0) is 43.7 Å². The number of aryl methyl sites for hydroxylation is 1. The largest absolute Gasteiger partial charge is 0.388 e. The fraction of sp³-hybridized carbons (Fsp3) is 0.650. The van der Waals surface area contributed by atoms with E-state index in [0.717, 1.165) is 12.8 Å². The molecule has 2 amide bonds. The molecule has 1 aromatic carbocycles. The lowest BCUT2D eigenvalue weighted by molar-refractivity contribution is 0.0344. The van der Waals surface area contributed by atoms with Crippen molar-refractivity contribution in [3.05, 3.63) is 35.4 Å². The number of aliphatic hydroxyl groups is 1. The number of amides is 2. The molecule has 5 heteroatoms. The van der Waals surface area contributed by atoms with Crippen molar-refractivity contribution in [1.82, 2.24) is 10.6 Å². The Hall–Kier alpha value is -1.59. The number of carbonyl (C=O) groups excluding carboxylic acids is 1. The fourth-order valence-electron chi connectivity index (χ4n) is 3.53. The second-order valence-electron chi connectivity index (χ2n) is 7.18. The maximum absolute atomic E-state index is 12.3. The molecule has 0 radical (unpaired) electrons. The third kappa shape index (κ3) is 4.95. The molecule has 1 aliphatic heterocycles. The zero-order chi connectivity index (χ0) is 18.3. The summed E-state index contributed by atoms with van der Waals surface area (Å²) in [6.45, 7) is 8.24. The SMILES string of the molecule is CCC(O)(CC)CNC(=O)NCC1(c2ccccc2C)CCOCC1. The summed E-state index contributed by atoms with van der Waals surface area (Å²) < 4.78 is 5.55. The van der Waals surface area contributed by atoms with Crippen LogP contribution in [0, 0.1) is 6.92 Å². The fourth-order valence-corrected chi connectivity index (χ4v) is 3.53. The summed E-state index contributed by atoms with van der Waals surface area (Å²) in [6, 6.07) is 8.16. The number of ether oxygens (including phenoxy) is 1. The molecule has 0 aliphatic carbocycles. The molecule has 0 unspecified atom stereocenters. The van der Waals surface area contributed by atoms with E-state index < -0.39 is 5.60 Å². The number of rotatable bonds is 7. The van der Waals surface area contributed by atoms with Crippen LogP contribution in [0.15, 0.2) is 24.3 Å². The second kappa shape index (κ2) is 8.68. The van der Waals surface area contributed by atoms with Gasteiger partial charge >= 0.3 is 6.03 Å². The van der Waals surface area contributed by atoms with Gasteiger partial charge in [-0.3, -0.25) is 0 Å². The summed E-state index contributed by atoms with van der Waals surface area (Å²) in [5.74, 6) is 0. The number of carbonyl (C=O) groups is 1. The molecule has 1 aliphatic rings. The lowest BCUT2D eigenvalue weighted by Gasteiger charge is -2.39. The first-order valence-electron chi connectivity index (χ1n) is 9.33. The second-order valence-corrected chi connectivity index (χ2v) is 7.18. The molecule has 1 fully saturated rings. The van der Waals surface area contributed by atoms with Crippen molar-refractivity contribution in [2.24, 2.45) is 0 Å². The van der Waals surface area contributed by atoms with E-state index in [1.165, 1.54) is 11.1 Å². The highest BCUT2D eigenvalue weighted by atomic mass is 16.5. The molecular weight excluding hydrogens is 316 g/mol. The van der Waals surface area contributed by atoms with Gasteiger partial charge in [-0.25, -0.2) is 4.79 Å². The van der Waals surface area contributed by atoms with E-state index in [0.29, 0.717) is 32.6 Å². The third-order valence-corrected chi connectivity index (χ3v) is 5.65. The Bertz CT molecular complexity index is 564. The van der Waals surface area contributed by atoms with Crippen molar-refractivity contribution in [3.8, 4) is 0 Å². The molecule has 0 bridgehead atoms. The molecule has 2 rings (SSSR count). The minimum atomic E-state index is -0.830. The zero-order valence-corrected chi connectivity index (χ0v) is 15.7. The summed E-state index contributed by atoms with van der Waals surface area (Å²) in [5.41, 5.74) is 1.62. The lowest BCUT2D eigenvalue weighted by atomic mass is 9.72. The van der Waals surface area contributed by atoms with Crippen LogP contribution in [0.25, 0.3) is 0 Å².